The van der Waals surface area contributed by atoms with Gasteiger partial charge in [0.1, 0.15) is 0 Å². The third-order valence-corrected chi connectivity index (χ3v) is 3.06. The van der Waals surface area contributed by atoms with Crippen LogP contribution in [0.2, 0.25) is 0 Å². The highest BCUT2D eigenvalue weighted by Gasteiger charge is 2.31. The summed E-state index contributed by atoms with van der Waals surface area (Å²) in [4.78, 5) is 0. The first-order valence-electron chi connectivity index (χ1n) is 5.67. The van der Waals surface area contributed by atoms with Crippen LogP contribution in [-0.2, 0) is 6.18 Å². The molecule has 1 aromatic carbocycles. The third kappa shape index (κ3) is 5.11. The highest BCUT2D eigenvalue weighted by atomic mass is 79.9. The molecule has 0 aliphatic rings. The fourth-order valence-electron chi connectivity index (χ4n) is 1.43. The summed E-state index contributed by atoms with van der Waals surface area (Å²) in [5.41, 5.74) is -0.814. The molecule has 1 rings (SSSR count). The van der Waals surface area contributed by atoms with Crippen molar-refractivity contribution >= 4 is 21.6 Å². The lowest BCUT2D eigenvalue weighted by molar-refractivity contribution is -0.137. The Labute approximate surface area is 118 Å². The zero-order valence-corrected chi connectivity index (χ0v) is 12.2. The molecule has 0 amide bonds. The van der Waals surface area contributed by atoms with Gasteiger partial charge in [-0.3, -0.25) is 0 Å². The Morgan fingerprint density at radius 2 is 1.89 bits per heavy atom. The molecule has 0 aliphatic heterocycles. The number of nitrogens with one attached hydrogen (secondary N) is 1. The van der Waals surface area contributed by atoms with Crippen LogP contribution < -0.4 is 5.32 Å². The molecule has 2 nitrogen and oxygen atoms in total. The number of hydrogen-bond acceptors (Lipinski definition) is 2. The average Bonchev–Trinajstić information content (AvgIpc) is 2.27. The van der Waals surface area contributed by atoms with Crippen molar-refractivity contribution in [1.82, 2.24) is 0 Å². The molecule has 104 valence electrons. The lowest BCUT2D eigenvalue weighted by Gasteiger charge is -2.16. The number of alkyl halides is 3. The molecule has 0 heterocycles. The van der Waals surface area contributed by atoms with Crippen LogP contribution in [-0.4, -0.2) is 6.54 Å². The van der Waals surface area contributed by atoms with E-state index in [9.17, 15) is 13.2 Å². The minimum Gasteiger partial charge on any atom is -0.385 e. The minimum absolute atomic E-state index is 0.365. The van der Waals surface area contributed by atoms with Crippen molar-refractivity contribution in [3.63, 3.8) is 0 Å². The van der Waals surface area contributed by atoms with Crippen LogP contribution in [0.5, 0.6) is 0 Å². The summed E-state index contributed by atoms with van der Waals surface area (Å²) in [6.45, 7) is 4.02. The molecule has 0 aliphatic carbocycles. The van der Waals surface area contributed by atoms with E-state index in [2.05, 4.69) is 27.3 Å². The van der Waals surface area contributed by atoms with Crippen LogP contribution in [0.1, 0.15) is 25.8 Å². The highest BCUT2D eigenvalue weighted by Crippen LogP contribution is 2.33. The molecule has 1 aromatic rings. The van der Waals surface area contributed by atoms with E-state index >= 15 is 0 Å². The molecular weight excluding hydrogens is 321 g/mol. The average molecular weight is 335 g/mol. The SMILES string of the molecule is CC(C)(C#N)CCNc1cc(Br)cc(C(F)(F)F)c1. The van der Waals surface area contributed by atoms with Gasteiger partial charge in [-0.2, -0.15) is 18.4 Å². The summed E-state index contributed by atoms with van der Waals surface area (Å²) in [6.07, 6.45) is -3.82. The molecule has 0 unspecified atom stereocenters. The Kier molecular flexibility index (Phi) is 4.86. The van der Waals surface area contributed by atoms with Crippen molar-refractivity contribution in [2.45, 2.75) is 26.4 Å². The zero-order chi connectivity index (χ0) is 14.7. The number of anilines is 1. The van der Waals surface area contributed by atoms with Crippen molar-refractivity contribution in [2.75, 3.05) is 11.9 Å². The van der Waals surface area contributed by atoms with E-state index in [-0.39, 0.29) is 0 Å². The van der Waals surface area contributed by atoms with Gasteiger partial charge in [0, 0.05) is 16.7 Å². The Balaban J connectivity index is 2.75. The zero-order valence-electron chi connectivity index (χ0n) is 10.6. The van der Waals surface area contributed by atoms with E-state index in [0.717, 1.165) is 12.1 Å². The second kappa shape index (κ2) is 5.83. The van der Waals surface area contributed by atoms with Crippen LogP contribution in [0.4, 0.5) is 18.9 Å². The Bertz CT molecular complexity index is 490. The molecule has 0 saturated carbocycles. The second-order valence-corrected chi connectivity index (χ2v) is 5.81. The maximum Gasteiger partial charge on any atom is 0.416 e. The molecule has 0 saturated heterocycles. The van der Waals surface area contributed by atoms with E-state index < -0.39 is 17.2 Å². The second-order valence-electron chi connectivity index (χ2n) is 4.90. The number of benzene rings is 1. The number of nitriles is 1. The molecule has 6 heteroatoms. The van der Waals surface area contributed by atoms with E-state index in [1.807, 2.05) is 0 Å². The Hall–Kier alpha value is -1.22. The van der Waals surface area contributed by atoms with Gasteiger partial charge in [0.15, 0.2) is 0 Å². The number of halogens is 4. The number of hydrogen-bond donors (Lipinski definition) is 1. The molecule has 0 aromatic heterocycles. The van der Waals surface area contributed by atoms with Crippen molar-refractivity contribution in [1.29, 1.82) is 5.26 Å². The third-order valence-electron chi connectivity index (χ3n) is 2.61. The first kappa shape index (κ1) is 15.8. The smallest absolute Gasteiger partial charge is 0.385 e. The number of nitrogens with zero attached hydrogens (tertiary/aromatic N) is 1. The van der Waals surface area contributed by atoms with Crippen molar-refractivity contribution < 1.29 is 13.2 Å². The van der Waals surface area contributed by atoms with Gasteiger partial charge in [0.2, 0.25) is 0 Å². The van der Waals surface area contributed by atoms with Crippen LogP contribution in [0.15, 0.2) is 22.7 Å². The summed E-state index contributed by atoms with van der Waals surface area (Å²) in [5.74, 6) is 0. The molecule has 0 spiro atoms. The standard InChI is InChI=1S/C13H14BrF3N2/c1-12(2,8-18)3-4-19-11-6-9(13(15,16)17)5-10(14)7-11/h5-7,19H,3-4H2,1-2H3. The highest BCUT2D eigenvalue weighted by molar-refractivity contribution is 9.10. The molecule has 19 heavy (non-hydrogen) atoms. The monoisotopic (exact) mass is 334 g/mol. The lowest BCUT2D eigenvalue weighted by atomic mass is 9.91. The van der Waals surface area contributed by atoms with E-state index in [0.29, 0.717) is 23.1 Å². The van der Waals surface area contributed by atoms with Gasteiger partial charge in [-0.25, -0.2) is 0 Å². The minimum atomic E-state index is -4.37. The first-order chi connectivity index (χ1) is 8.64. The fraction of sp³-hybridized carbons (Fsp3) is 0.462. The normalized spacial score (nSPS) is 12.1. The molecular formula is C13H14BrF3N2. The van der Waals surface area contributed by atoms with Gasteiger partial charge < -0.3 is 5.32 Å². The van der Waals surface area contributed by atoms with Crippen molar-refractivity contribution in [3.8, 4) is 6.07 Å². The summed E-state index contributed by atoms with van der Waals surface area (Å²) in [7, 11) is 0. The maximum absolute atomic E-state index is 12.6. The molecule has 0 fully saturated rings. The summed E-state index contributed by atoms with van der Waals surface area (Å²) >= 11 is 3.06. The number of rotatable bonds is 4. The van der Waals surface area contributed by atoms with Crippen molar-refractivity contribution in [2.24, 2.45) is 5.41 Å². The van der Waals surface area contributed by atoms with Crippen LogP contribution >= 0.6 is 15.9 Å². The Morgan fingerprint density at radius 3 is 2.42 bits per heavy atom. The van der Waals surface area contributed by atoms with Gasteiger partial charge in [-0.05, 0) is 38.5 Å². The largest absolute Gasteiger partial charge is 0.416 e. The van der Waals surface area contributed by atoms with Gasteiger partial charge in [-0.15, -0.1) is 0 Å². The van der Waals surface area contributed by atoms with Gasteiger partial charge in [-0.1, -0.05) is 15.9 Å². The molecule has 0 atom stereocenters. The van der Waals surface area contributed by atoms with Gasteiger partial charge >= 0.3 is 6.18 Å². The van der Waals surface area contributed by atoms with E-state index in [1.165, 1.54) is 0 Å². The molecule has 1 N–H and O–H groups in total. The van der Waals surface area contributed by atoms with Crippen molar-refractivity contribution in [3.05, 3.63) is 28.2 Å². The summed E-state index contributed by atoms with van der Waals surface area (Å²) < 4.78 is 38.2. The molecule has 0 radical (unpaired) electrons. The lowest BCUT2D eigenvalue weighted by Crippen LogP contribution is -2.15. The van der Waals surface area contributed by atoms with Crippen LogP contribution in [0, 0.1) is 16.7 Å². The van der Waals surface area contributed by atoms with Crippen LogP contribution in [0.3, 0.4) is 0 Å². The molecule has 0 bridgehead atoms. The first-order valence-corrected chi connectivity index (χ1v) is 6.46. The van der Waals surface area contributed by atoms with Gasteiger partial charge in [0.05, 0.1) is 17.0 Å². The maximum atomic E-state index is 12.6. The van der Waals surface area contributed by atoms with Crippen LogP contribution in [0.25, 0.3) is 0 Å². The topological polar surface area (TPSA) is 35.8 Å². The van der Waals surface area contributed by atoms with E-state index in [1.54, 1.807) is 19.9 Å². The summed E-state index contributed by atoms with van der Waals surface area (Å²) in [5, 5.41) is 11.8. The predicted octanol–water partition coefficient (Wildman–Crippen LogP) is 4.82. The quantitative estimate of drug-likeness (QED) is 0.856. The predicted molar refractivity (Wildman–Crippen MR) is 71.6 cm³/mol. The Morgan fingerprint density at radius 1 is 1.26 bits per heavy atom. The van der Waals surface area contributed by atoms with Gasteiger partial charge in [0.25, 0.3) is 0 Å². The van der Waals surface area contributed by atoms with E-state index in [4.69, 9.17) is 5.26 Å². The fourth-order valence-corrected chi connectivity index (χ4v) is 1.92. The summed E-state index contributed by atoms with van der Waals surface area (Å²) in [6, 6.07) is 5.82.